The third-order valence-corrected chi connectivity index (χ3v) is 3.43. The van der Waals surface area contributed by atoms with Crippen LogP contribution in [0.15, 0.2) is 0 Å². The van der Waals surface area contributed by atoms with E-state index in [0.29, 0.717) is 24.8 Å². The molecule has 18 heavy (non-hydrogen) atoms. The Hall–Kier alpha value is -0.610. The van der Waals surface area contributed by atoms with Gasteiger partial charge in [-0.2, -0.15) is 0 Å². The summed E-state index contributed by atoms with van der Waals surface area (Å²) in [6, 6.07) is 0.150. The van der Waals surface area contributed by atoms with Gasteiger partial charge in [0, 0.05) is 19.1 Å². The first kappa shape index (κ1) is 17.4. The smallest absolute Gasteiger partial charge is 0.220 e. The molecule has 1 amide bonds. The van der Waals surface area contributed by atoms with E-state index in [4.69, 9.17) is 10.8 Å². The third-order valence-electron chi connectivity index (χ3n) is 3.43. The minimum Gasteiger partial charge on any atom is -0.396 e. The molecule has 0 radical (unpaired) electrons. The molecule has 0 fully saturated rings. The predicted octanol–water partition coefficient (Wildman–Crippen LogP) is 1.66. The molecule has 108 valence electrons. The minimum atomic E-state index is 0.114. The first-order valence-corrected chi connectivity index (χ1v) is 7.11. The lowest BCUT2D eigenvalue weighted by molar-refractivity contribution is -0.122. The highest BCUT2D eigenvalue weighted by atomic mass is 16.2. The van der Waals surface area contributed by atoms with Crippen LogP contribution in [0, 0.1) is 11.8 Å². The van der Waals surface area contributed by atoms with Crippen LogP contribution in [0.1, 0.15) is 52.9 Å². The Morgan fingerprint density at radius 1 is 1.22 bits per heavy atom. The number of hydrogen-bond acceptors (Lipinski definition) is 3. The normalized spacial score (nSPS) is 14.6. The van der Waals surface area contributed by atoms with Crippen molar-refractivity contribution >= 4 is 5.91 Å². The molecular weight excluding hydrogens is 228 g/mol. The van der Waals surface area contributed by atoms with Gasteiger partial charge in [0.2, 0.25) is 5.91 Å². The van der Waals surface area contributed by atoms with Crippen molar-refractivity contribution in [3.63, 3.8) is 0 Å². The number of rotatable bonds is 10. The van der Waals surface area contributed by atoms with E-state index in [9.17, 15) is 4.79 Å². The number of nitrogens with one attached hydrogen (secondary N) is 1. The fraction of sp³-hybridized carbons (Fsp3) is 0.929. The second-order valence-electron chi connectivity index (χ2n) is 5.45. The van der Waals surface area contributed by atoms with E-state index < -0.39 is 0 Å². The second kappa shape index (κ2) is 10.3. The van der Waals surface area contributed by atoms with Crippen molar-refractivity contribution in [1.82, 2.24) is 5.32 Å². The van der Waals surface area contributed by atoms with Gasteiger partial charge in [-0.25, -0.2) is 0 Å². The highest BCUT2D eigenvalue weighted by Gasteiger charge is 2.15. The topological polar surface area (TPSA) is 75.3 Å². The summed E-state index contributed by atoms with van der Waals surface area (Å²) in [5.74, 6) is 1.23. The lowest BCUT2D eigenvalue weighted by atomic mass is 9.88. The van der Waals surface area contributed by atoms with Crippen molar-refractivity contribution in [3.8, 4) is 0 Å². The van der Waals surface area contributed by atoms with E-state index in [-0.39, 0.29) is 18.6 Å². The maximum absolute atomic E-state index is 11.7. The van der Waals surface area contributed by atoms with Gasteiger partial charge in [-0.05, 0) is 51.0 Å². The molecule has 2 atom stereocenters. The number of carbonyl (C=O) groups excluding carboxylic acids is 1. The SMILES string of the molecule is CC(CCCO)NC(=O)CCC(CCN)C(C)C. The zero-order valence-electron chi connectivity index (χ0n) is 12.1. The predicted molar refractivity (Wildman–Crippen MR) is 75.2 cm³/mol. The van der Waals surface area contributed by atoms with Crippen LogP contribution in [0.3, 0.4) is 0 Å². The van der Waals surface area contributed by atoms with Crippen molar-refractivity contribution in [3.05, 3.63) is 0 Å². The molecule has 4 nitrogen and oxygen atoms in total. The molecule has 0 spiro atoms. The molecule has 0 aromatic carbocycles. The van der Waals surface area contributed by atoms with Crippen LogP contribution in [0.2, 0.25) is 0 Å². The van der Waals surface area contributed by atoms with Gasteiger partial charge in [0.25, 0.3) is 0 Å². The number of hydrogen-bond donors (Lipinski definition) is 3. The fourth-order valence-electron chi connectivity index (χ4n) is 2.16. The Kier molecular flexibility index (Phi) is 9.98. The van der Waals surface area contributed by atoms with Gasteiger partial charge in [-0.15, -0.1) is 0 Å². The summed E-state index contributed by atoms with van der Waals surface area (Å²) < 4.78 is 0. The van der Waals surface area contributed by atoms with Crippen LogP contribution >= 0.6 is 0 Å². The largest absolute Gasteiger partial charge is 0.396 e. The molecule has 0 saturated heterocycles. The first-order valence-electron chi connectivity index (χ1n) is 7.11. The van der Waals surface area contributed by atoms with Crippen molar-refractivity contribution in [1.29, 1.82) is 0 Å². The molecule has 0 aromatic heterocycles. The van der Waals surface area contributed by atoms with Crippen molar-refractivity contribution in [2.75, 3.05) is 13.2 Å². The summed E-state index contributed by atoms with van der Waals surface area (Å²) in [5.41, 5.74) is 5.58. The number of aliphatic hydroxyl groups excluding tert-OH is 1. The molecule has 0 aliphatic rings. The molecule has 0 aromatic rings. The summed E-state index contributed by atoms with van der Waals surface area (Å²) >= 11 is 0. The lowest BCUT2D eigenvalue weighted by Gasteiger charge is -2.20. The molecule has 0 bridgehead atoms. The van der Waals surface area contributed by atoms with Gasteiger partial charge in [0.15, 0.2) is 0 Å². The molecule has 0 aliphatic carbocycles. The summed E-state index contributed by atoms with van der Waals surface area (Å²) in [6.07, 6.45) is 4.05. The molecular formula is C14H30N2O2. The number of aliphatic hydroxyl groups is 1. The zero-order chi connectivity index (χ0) is 14.0. The Morgan fingerprint density at radius 2 is 1.89 bits per heavy atom. The van der Waals surface area contributed by atoms with Crippen LogP contribution in [-0.4, -0.2) is 30.2 Å². The molecule has 4 N–H and O–H groups in total. The molecule has 0 heterocycles. The number of nitrogens with two attached hydrogens (primary N) is 1. The average molecular weight is 258 g/mol. The van der Waals surface area contributed by atoms with E-state index in [1.165, 1.54) is 0 Å². The van der Waals surface area contributed by atoms with Gasteiger partial charge in [0.05, 0.1) is 0 Å². The Balaban J connectivity index is 3.86. The Labute approximate surface area is 111 Å². The maximum atomic E-state index is 11.7. The summed E-state index contributed by atoms with van der Waals surface area (Å²) in [7, 11) is 0. The molecule has 2 unspecified atom stereocenters. The number of amides is 1. The van der Waals surface area contributed by atoms with Gasteiger partial charge in [0.1, 0.15) is 0 Å². The second-order valence-corrected chi connectivity index (χ2v) is 5.45. The highest BCUT2D eigenvalue weighted by molar-refractivity contribution is 5.76. The Morgan fingerprint density at radius 3 is 2.39 bits per heavy atom. The van der Waals surface area contributed by atoms with Gasteiger partial charge >= 0.3 is 0 Å². The van der Waals surface area contributed by atoms with Crippen LogP contribution in [0.25, 0.3) is 0 Å². The summed E-state index contributed by atoms with van der Waals surface area (Å²) in [6.45, 7) is 7.22. The van der Waals surface area contributed by atoms with Crippen molar-refractivity contribution < 1.29 is 9.90 Å². The zero-order valence-corrected chi connectivity index (χ0v) is 12.1. The van der Waals surface area contributed by atoms with E-state index >= 15 is 0 Å². The summed E-state index contributed by atoms with van der Waals surface area (Å²) in [5, 5.41) is 11.7. The molecule has 0 rings (SSSR count). The maximum Gasteiger partial charge on any atom is 0.220 e. The minimum absolute atomic E-state index is 0.114. The van der Waals surface area contributed by atoms with Crippen molar-refractivity contribution in [2.45, 2.75) is 58.9 Å². The van der Waals surface area contributed by atoms with Crippen molar-refractivity contribution in [2.24, 2.45) is 17.6 Å². The van der Waals surface area contributed by atoms with Crippen LogP contribution < -0.4 is 11.1 Å². The summed E-state index contributed by atoms with van der Waals surface area (Å²) in [4.78, 5) is 11.7. The highest BCUT2D eigenvalue weighted by Crippen LogP contribution is 2.20. The lowest BCUT2D eigenvalue weighted by Crippen LogP contribution is -2.33. The van der Waals surface area contributed by atoms with E-state index in [2.05, 4.69) is 19.2 Å². The fourth-order valence-corrected chi connectivity index (χ4v) is 2.16. The van der Waals surface area contributed by atoms with Gasteiger partial charge in [-0.3, -0.25) is 4.79 Å². The number of carbonyl (C=O) groups is 1. The standard InChI is InChI=1S/C14H30N2O2/c1-11(2)13(8-9-15)6-7-14(18)16-12(3)5-4-10-17/h11-13,17H,4-10,15H2,1-3H3,(H,16,18). The third kappa shape index (κ3) is 8.48. The average Bonchev–Trinajstić information content (AvgIpc) is 2.31. The van der Waals surface area contributed by atoms with Gasteiger partial charge < -0.3 is 16.2 Å². The monoisotopic (exact) mass is 258 g/mol. The van der Waals surface area contributed by atoms with Crippen LogP contribution in [-0.2, 0) is 4.79 Å². The van der Waals surface area contributed by atoms with E-state index in [1.54, 1.807) is 0 Å². The molecule has 4 heteroatoms. The van der Waals surface area contributed by atoms with E-state index in [0.717, 1.165) is 25.7 Å². The van der Waals surface area contributed by atoms with E-state index in [1.807, 2.05) is 6.92 Å². The van der Waals surface area contributed by atoms with Crippen LogP contribution in [0.5, 0.6) is 0 Å². The quantitative estimate of drug-likeness (QED) is 0.558. The van der Waals surface area contributed by atoms with Crippen LogP contribution in [0.4, 0.5) is 0 Å². The first-order chi connectivity index (χ1) is 8.51. The van der Waals surface area contributed by atoms with Gasteiger partial charge in [-0.1, -0.05) is 13.8 Å². The molecule has 0 saturated carbocycles. The molecule has 0 aliphatic heterocycles. The Bertz CT molecular complexity index is 220.